The van der Waals surface area contributed by atoms with Crippen molar-refractivity contribution in [3.63, 3.8) is 0 Å². The van der Waals surface area contributed by atoms with E-state index in [1.165, 1.54) is 11.1 Å². The SMILES string of the molecule is CC1=CC2C=CC1C=C2C. The predicted molar refractivity (Wildman–Crippen MR) is 43.6 cm³/mol. The molecule has 0 heterocycles. The van der Waals surface area contributed by atoms with E-state index >= 15 is 0 Å². The largest absolute Gasteiger partial charge is 0.0767 e. The van der Waals surface area contributed by atoms with E-state index in [1.54, 1.807) is 0 Å². The lowest BCUT2D eigenvalue weighted by atomic mass is 9.79. The molecule has 0 aromatic rings. The third-order valence-electron chi connectivity index (χ3n) is 2.46. The molecular formula is C10H12. The molecule has 10 heavy (non-hydrogen) atoms. The minimum atomic E-state index is 0.616. The summed E-state index contributed by atoms with van der Waals surface area (Å²) in [7, 11) is 0. The van der Waals surface area contributed by atoms with Gasteiger partial charge in [-0.25, -0.2) is 0 Å². The fraction of sp³-hybridized carbons (Fsp3) is 0.400. The molecule has 0 aliphatic heterocycles. The third kappa shape index (κ3) is 0.683. The normalized spacial score (nSPS) is 35.8. The summed E-state index contributed by atoms with van der Waals surface area (Å²) >= 11 is 0. The van der Waals surface area contributed by atoms with Crippen LogP contribution in [0, 0.1) is 11.8 Å². The Bertz CT molecular complexity index is 215. The predicted octanol–water partition coefficient (Wildman–Crippen LogP) is 2.69. The molecule has 0 aromatic carbocycles. The van der Waals surface area contributed by atoms with Crippen molar-refractivity contribution in [1.29, 1.82) is 0 Å². The van der Waals surface area contributed by atoms with Gasteiger partial charge in [-0.2, -0.15) is 0 Å². The van der Waals surface area contributed by atoms with Gasteiger partial charge < -0.3 is 0 Å². The van der Waals surface area contributed by atoms with Gasteiger partial charge in [0.25, 0.3) is 0 Å². The second-order valence-electron chi connectivity index (χ2n) is 3.26. The molecule has 0 nitrogen and oxygen atoms in total. The van der Waals surface area contributed by atoms with E-state index in [-0.39, 0.29) is 0 Å². The van der Waals surface area contributed by atoms with Crippen LogP contribution in [-0.4, -0.2) is 0 Å². The molecule has 2 unspecified atom stereocenters. The van der Waals surface area contributed by atoms with E-state index in [0.29, 0.717) is 11.8 Å². The second kappa shape index (κ2) is 1.85. The Balaban J connectivity index is 2.40. The van der Waals surface area contributed by atoms with Gasteiger partial charge in [-0.1, -0.05) is 35.5 Å². The van der Waals surface area contributed by atoms with Gasteiger partial charge >= 0.3 is 0 Å². The van der Waals surface area contributed by atoms with Gasteiger partial charge in [0.05, 0.1) is 0 Å². The van der Waals surface area contributed by atoms with Gasteiger partial charge in [-0.15, -0.1) is 0 Å². The molecule has 0 radical (unpaired) electrons. The molecule has 0 spiro atoms. The minimum Gasteiger partial charge on any atom is -0.0767 e. The second-order valence-corrected chi connectivity index (χ2v) is 3.26. The van der Waals surface area contributed by atoms with E-state index in [9.17, 15) is 0 Å². The van der Waals surface area contributed by atoms with Crippen molar-refractivity contribution in [3.05, 3.63) is 35.5 Å². The quantitative estimate of drug-likeness (QED) is 0.444. The molecule has 3 aliphatic rings. The van der Waals surface area contributed by atoms with Crippen LogP contribution in [0.1, 0.15) is 13.8 Å². The first-order chi connectivity index (χ1) is 4.77. The van der Waals surface area contributed by atoms with Gasteiger partial charge in [0.1, 0.15) is 0 Å². The zero-order chi connectivity index (χ0) is 7.14. The maximum absolute atomic E-state index is 2.36. The summed E-state index contributed by atoms with van der Waals surface area (Å²) in [5, 5.41) is 0. The Morgan fingerprint density at radius 2 is 1.30 bits per heavy atom. The van der Waals surface area contributed by atoms with Gasteiger partial charge in [0.2, 0.25) is 0 Å². The highest BCUT2D eigenvalue weighted by molar-refractivity contribution is 5.38. The standard InChI is InChI=1S/C10H12/c1-7-5-10-4-3-9(7)6-8(10)2/h3-6,9-10H,1-2H3. The summed E-state index contributed by atoms with van der Waals surface area (Å²) < 4.78 is 0. The molecule has 2 atom stereocenters. The van der Waals surface area contributed by atoms with E-state index in [2.05, 4.69) is 38.2 Å². The molecule has 0 N–H and O–H groups in total. The van der Waals surface area contributed by atoms with E-state index in [1.807, 2.05) is 0 Å². The van der Waals surface area contributed by atoms with E-state index in [4.69, 9.17) is 0 Å². The Hall–Kier alpha value is -0.780. The number of hydrogen-bond donors (Lipinski definition) is 0. The fourth-order valence-electron chi connectivity index (χ4n) is 1.71. The van der Waals surface area contributed by atoms with Crippen molar-refractivity contribution < 1.29 is 0 Å². The maximum Gasteiger partial charge on any atom is 0.0158 e. The highest BCUT2D eigenvalue weighted by Crippen LogP contribution is 2.33. The maximum atomic E-state index is 2.36. The molecule has 3 aliphatic carbocycles. The van der Waals surface area contributed by atoms with Gasteiger partial charge in [0.15, 0.2) is 0 Å². The first kappa shape index (κ1) is 5.96. The van der Waals surface area contributed by atoms with Crippen molar-refractivity contribution in [3.8, 4) is 0 Å². The Morgan fingerprint density at radius 1 is 0.900 bits per heavy atom. The third-order valence-corrected chi connectivity index (χ3v) is 2.46. The lowest BCUT2D eigenvalue weighted by molar-refractivity contribution is 0.776. The molecular weight excluding hydrogens is 120 g/mol. The summed E-state index contributed by atoms with van der Waals surface area (Å²) in [4.78, 5) is 0. The highest BCUT2D eigenvalue weighted by Gasteiger charge is 2.19. The van der Waals surface area contributed by atoms with Crippen molar-refractivity contribution >= 4 is 0 Å². The van der Waals surface area contributed by atoms with Crippen LogP contribution in [0.3, 0.4) is 0 Å². The fourth-order valence-corrected chi connectivity index (χ4v) is 1.71. The summed E-state index contributed by atoms with van der Waals surface area (Å²) in [5.74, 6) is 1.23. The van der Waals surface area contributed by atoms with E-state index in [0.717, 1.165) is 0 Å². The van der Waals surface area contributed by atoms with Crippen molar-refractivity contribution in [1.82, 2.24) is 0 Å². The van der Waals surface area contributed by atoms with Gasteiger partial charge in [-0.3, -0.25) is 0 Å². The molecule has 0 aromatic heterocycles. The molecule has 0 fully saturated rings. The first-order valence-electron chi connectivity index (χ1n) is 3.82. The summed E-state index contributed by atoms with van der Waals surface area (Å²) in [6, 6.07) is 0. The average molecular weight is 132 g/mol. The van der Waals surface area contributed by atoms with Crippen LogP contribution in [0.4, 0.5) is 0 Å². The van der Waals surface area contributed by atoms with Gasteiger partial charge in [0, 0.05) is 11.8 Å². The van der Waals surface area contributed by atoms with Crippen LogP contribution >= 0.6 is 0 Å². The van der Waals surface area contributed by atoms with Crippen molar-refractivity contribution in [2.45, 2.75) is 13.8 Å². The smallest absolute Gasteiger partial charge is 0.0158 e. The van der Waals surface area contributed by atoms with Crippen LogP contribution in [-0.2, 0) is 0 Å². The number of rotatable bonds is 0. The zero-order valence-electron chi connectivity index (χ0n) is 6.46. The lowest BCUT2D eigenvalue weighted by Crippen LogP contribution is -2.13. The molecule has 0 saturated heterocycles. The summed E-state index contributed by atoms with van der Waals surface area (Å²) in [6.07, 6.45) is 9.32. The number of allylic oxidation sites excluding steroid dienone is 6. The molecule has 0 heteroatoms. The summed E-state index contributed by atoms with van der Waals surface area (Å²) in [6.45, 7) is 4.42. The first-order valence-corrected chi connectivity index (χ1v) is 3.82. The van der Waals surface area contributed by atoms with Crippen LogP contribution in [0.2, 0.25) is 0 Å². The Labute approximate surface area is 61.9 Å². The van der Waals surface area contributed by atoms with Gasteiger partial charge in [-0.05, 0) is 13.8 Å². The average Bonchev–Trinajstić information content (AvgIpc) is 1.91. The van der Waals surface area contributed by atoms with Crippen LogP contribution in [0.15, 0.2) is 35.5 Å². The topological polar surface area (TPSA) is 0 Å². The molecule has 52 valence electrons. The van der Waals surface area contributed by atoms with E-state index < -0.39 is 0 Å². The molecule has 0 saturated carbocycles. The van der Waals surface area contributed by atoms with Crippen LogP contribution in [0.5, 0.6) is 0 Å². The molecule has 0 amide bonds. The summed E-state index contributed by atoms with van der Waals surface area (Å²) in [5.41, 5.74) is 3.02. The number of hydrogen-bond acceptors (Lipinski definition) is 0. The zero-order valence-corrected chi connectivity index (χ0v) is 6.46. The highest BCUT2D eigenvalue weighted by atomic mass is 14.2. The molecule has 3 rings (SSSR count). The van der Waals surface area contributed by atoms with Crippen molar-refractivity contribution in [2.24, 2.45) is 11.8 Å². The Kier molecular flexibility index (Phi) is 1.10. The van der Waals surface area contributed by atoms with Crippen molar-refractivity contribution in [2.75, 3.05) is 0 Å². The Morgan fingerprint density at radius 3 is 1.50 bits per heavy atom. The van der Waals surface area contributed by atoms with Crippen LogP contribution < -0.4 is 0 Å². The molecule has 2 bridgehead atoms. The van der Waals surface area contributed by atoms with Crippen LogP contribution in [0.25, 0.3) is 0 Å². The monoisotopic (exact) mass is 132 g/mol. The minimum absolute atomic E-state index is 0.616. The lowest BCUT2D eigenvalue weighted by Gasteiger charge is -2.26.